The van der Waals surface area contributed by atoms with Gasteiger partial charge in [0.05, 0.1) is 6.26 Å². The van der Waals surface area contributed by atoms with E-state index in [4.69, 9.17) is 10.2 Å². The minimum absolute atomic E-state index is 0.235. The Bertz CT molecular complexity index is 504. The summed E-state index contributed by atoms with van der Waals surface area (Å²) in [7, 11) is 1.98. The van der Waals surface area contributed by atoms with Crippen LogP contribution in [0.25, 0.3) is 11.0 Å². The van der Waals surface area contributed by atoms with Gasteiger partial charge in [0.15, 0.2) is 0 Å². The summed E-state index contributed by atoms with van der Waals surface area (Å²) in [4.78, 5) is 0. The fourth-order valence-electron chi connectivity index (χ4n) is 2.63. The lowest BCUT2D eigenvalue weighted by atomic mass is 9.84. The van der Waals surface area contributed by atoms with Crippen molar-refractivity contribution in [1.29, 1.82) is 0 Å². The van der Waals surface area contributed by atoms with Crippen LogP contribution in [0.5, 0.6) is 0 Å². The van der Waals surface area contributed by atoms with E-state index in [0.29, 0.717) is 18.4 Å². The lowest BCUT2D eigenvalue weighted by Gasteiger charge is -2.28. The van der Waals surface area contributed by atoms with Gasteiger partial charge >= 0.3 is 0 Å². The number of para-hydroxylation sites is 1. The zero-order valence-electron chi connectivity index (χ0n) is 11.3. The standard InChI is InChI=1S/C15H22N2O/c1-10(2)12(8-16)15(17-3)13-9-18-14-7-5-4-6-11(13)14/h4-7,9-10,12,15,17H,8,16H2,1-3H3. The maximum Gasteiger partial charge on any atom is 0.134 e. The SMILES string of the molecule is CNC(c1coc2ccccc12)C(CN)C(C)C. The first-order valence-electron chi connectivity index (χ1n) is 6.52. The summed E-state index contributed by atoms with van der Waals surface area (Å²) in [6, 6.07) is 8.37. The van der Waals surface area contributed by atoms with Crippen molar-refractivity contribution in [1.82, 2.24) is 5.32 Å². The quantitative estimate of drug-likeness (QED) is 0.853. The zero-order valence-corrected chi connectivity index (χ0v) is 11.3. The molecule has 18 heavy (non-hydrogen) atoms. The Morgan fingerprint density at radius 3 is 2.61 bits per heavy atom. The van der Waals surface area contributed by atoms with Gasteiger partial charge in [0.2, 0.25) is 0 Å². The summed E-state index contributed by atoms with van der Waals surface area (Å²) in [5, 5.41) is 4.57. The van der Waals surface area contributed by atoms with Gasteiger partial charge in [-0.2, -0.15) is 0 Å². The molecule has 3 nitrogen and oxygen atoms in total. The minimum Gasteiger partial charge on any atom is -0.464 e. The number of fused-ring (bicyclic) bond motifs is 1. The van der Waals surface area contributed by atoms with Crippen molar-refractivity contribution >= 4 is 11.0 Å². The van der Waals surface area contributed by atoms with Gasteiger partial charge < -0.3 is 15.5 Å². The van der Waals surface area contributed by atoms with E-state index in [1.807, 2.05) is 31.5 Å². The monoisotopic (exact) mass is 246 g/mol. The van der Waals surface area contributed by atoms with Gasteiger partial charge in [-0.1, -0.05) is 32.0 Å². The van der Waals surface area contributed by atoms with Gasteiger partial charge in [0.1, 0.15) is 5.58 Å². The summed E-state index contributed by atoms with van der Waals surface area (Å²) in [5.41, 5.74) is 8.07. The molecule has 0 spiro atoms. The molecule has 0 radical (unpaired) electrons. The van der Waals surface area contributed by atoms with Crippen molar-refractivity contribution in [2.24, 2.45) is 17.6 Å². The van der Waals surface area contributed by atoms with Gasteiger partial charge in [-0.15, -0.1) is 0 Å². The third kappa shape index (κ3) is 2.28. The van der Waals surface area contributed by atoms with E-state index in [1.54, 1.807) is 0 Å². The fourth-order valence-corrected chi connectivity index (χ4v) is 2.63. The molecule has 1 heterocycles. The molecule has 3 heteroatoms. The second-order valence-electron chi connectivity index (χ2n) is 5.10. The summed E-state index contributed by atoms with van der Waals surface area (Å²) >= 11 is 0. The predicted molar refractivity (Wildman–Crippen MR) is 75.4 cm³/mol. The smallest absolute Gasteiger partial charge is 0.134 e. The van der Waals surface area contributed by atoms with E-state index < -0.39 is 0 Å². The Kier molecular flexibility index (Phi) is 4.04. The molecule has 0 aliphatic heterocycles. The second-order valence-corrected chi connectivity index (χ2v) is 5.10. The molecule has 3 N–H and O–H groups in total. The molecule has 2 atom stereocenters. The van der Waals surface area contributed by atoms with Crippen LogP contribution in [0.4, 0.5) is 0 Å². The van der Waals surface area contributed by atoms with Crippen molar-refractivity contribution in [3.8, 4) is 0 Å². The van der Waals surface area contributed by atoms with Crippen LogP contribution in [0.3, 0.4) is 0 Å². The Labute approximate surface area is 108 Å². The largest absolute Gasteiger partial charge is 0.464 e. The summed E-state index contributed by atoms with van der Waals surface area (Å²) < 4.78 is 5.63. The zero-order chi connectivity index (χ0) is 13.1. The number of rotatable bonds is 5. The Balaban J connectivity index is 2.43. The highest BCUT2D eigenvalue weighted by atomic mass is 16.3. The highest BCUT2D eigenvalue weighted by Gasteiger charge is 2.26. The van der Waals surface area contributed by atoms with Crippen molar-refractivity contribution in [2.45, 2.75) is 19.9 Å². The lowest BCUT2D eigenvalue weighted by Crippen LogP contribution is -2.33. The van der Waals surface area contributed by atoms with Gasteiger partial charge in [-0.05, 0) is 31.5 Å². The molecule has 0 aliphatic carbocycles. The van der Waals surface area contributed by atoms with E-state index in [2.05, 4.69) is 25.2 Å². The molecule has 0 aliphatic rings. The molecule has 0 saturated heterocycles. The van der Waals surface area contributed by atoms with Crippen LogP contribution in [0.15, 0.2) is 34.9 Å². The van der Waals surface area contributed by atoms with Gasteiger partial charge in [-0.3, -0.25) is 0 Å². The van der Waals surface area contributed by atoms with Crippen molar-refractivity contribution in [3.05, 3.63) is 36.1 Å². The molecule has 1 aromatic carbocycles. The topological polar surface area (TPSA) is 51.2 Å². The number of nitrogens with two attached hydrogens (primary N) is 1. The van der Waals surface area contributed by atoms with Crippen LogP contribution in [0, 0.1) is 11.8 Å². The minimum atomic E-state index is 0.235. The maximum absolute atomic E-state index is 5.93. The first kappa shape index (κ1) is 13.1. The van der Waals surface area contributed by atoms with E-state index >= 15 is 0 Å². The van der Waals surface area contributed by atoms with Gasteiger partial charge in [0, 0.05) is 17.0 Å². The fraction of sp³-hybridized carbons (Fsp3) is 0.467. The van der Waals surface area contributed by atoms with Crippen molar-refractivity contribution in [2.75, 3.05) is 13.6 Å². The van der Waals surface area contributed by atoms with Crippen LogP contribution < -0.4 is 11.1 Å². The second kappa shape index (κ2) is 5.55. The number of furan rings is 1. The van der Waals surface area contributed by atoms with E-state index in [9.17, 15) is 0 Å². The highest BCUT2D eigenvalue weighted by molar-refractivity contribution is 5.81. The summed E-state index contributed by atoms with van der Waals surface area (Å²) in [5.74, 6) is 0.928. The van der Waals surface area contributed by atoms with E-state index in [0.717, 1.165) is 5.58 Å². The van der Waals surface area contributed by atoms with Crippen LogP contribution >= 0.6 is 0 Å². The number of hydrogen-bond donors (Lipinski definition) is 2. The molecule has 0 fully saturated rings. The van der Waals surface area contributed by atoms with Crippen LogP contribution in [0.2, 0.25) is 0 Å². The molecular weight excluding hydrogens is 224 g/mol. The third-order valence-corrected chi connectivity index (χ3v) is 3.71. The maximum atomic E-state index is 5.93. The van der Waals surface area contributed by atoms with Crippen LogP contribution in [-0.4, -0.2) is 13.6 Å². The first-order valence-corrected chi connectivity index (χ1v) is 6.52. The summed E-state index contributed by atoms with van der Waals surface area (Å²) in [6.45, 7) is 5.09. The number of nitrogens with one attached hydrogen (secondary N) is 1. The molecule has 0 bridgehead atoms. The molecule has 0 amide bonds. The lowest BCUT2D eigenvalue weighted by molar-refractivity contribution is 0.299. The van der Waals surface area contributed by atoms with Crippen molar-refractivity contribution < 1.29 is 4.42 Å². The predicted octanol–water partition coefficient (Wildman–Crippen LogP) is 2.92. The summed E-state index contributed by atoms with van der Waals surface area (Å²) in [6.07, 6.45) is 1.86. The highest BCUT2D eigenvalue weighted by Crippen LogP contribution is 2.33. The molecule has 1 aromatic heterocycles. The molecule has 2 unspecified atom stereocenters. The van der Waals surface area contributed by atoms with E-state index in [1.165, 1.54) is 10.9 Å². The first-order chi connectivity index (χ1) is 8.69. The number of benzene rings is 1. The Morgan fingerprint density at radius 2 is 2.00 bits per heavy atom. The normalized spacial score (nSPS) is 15.2. The van der Waals surface area contributed by atoms with Gasteiger partial charge in [0.25, 0.3) is 0 Å². The Hall–Kier alpha value is -1.32. The average molecular weight is 246 g/mol. The molecule has 0 saturated carbocycles. The average Bonchev–Trinajstić information content (AvgIpc) is 2.79. The molecule has 2 rings (SSSR count). The number of hydrogen-bond acceptors (Lipinski definition) is 3. The third-order valence-electron chi connectivity index (χ3n) is 3.71. The molecular formula is C15H22N2O. The van der Waals surface area contributed by atoms with Crippen molar-refractivity contribution in [3.63, 3.8) is 0 Å². The van der Waals surface area contributed by atoms with Gasteiger partial charge in [-0.25, -0.2) is 0 Å². The van der Waals surface area contributed by atoms with Crippen LogP contribution in [-0.2, 0) is 0 Å². The Morgan fingerprint density at radius 1 is 1.28 bits per heavy atom. The molecule has 98 valence electrons. The molecule has 2 aromatic rings. The van der Waals surface area contributed by atoms with Crippen LogP contribution in [0.1, 0.15) is 25.5 Å². The van der Waals surface area contributed by atoms with E-state index in [-0.39, 0.29) is 6.04 Å².